The Morgan fingerprint density at radius 1 is 1.15 bits per heavy atom. The summed E-state index contributed by atoms with van der Waals surface area (Å²) in [5, 5.41) is 3.97. The topological polar surface area (TPSA) is 116 Å². The lowest BCUT2D eigenvalue weighted by molar-refractivity contribution is -0.119. The highest BCUT2D eigenvalue weighted by atomic mass is 35.5. The minimum absolute atomic E-state index is 0.195. The molecule has 2 heterocycles. The van der Waals surface area contributed by atoms with Crippen LogP contribution >= 0.6 is 11.6 Å². The Labute approximate surface area is 235 Å². The van der Waals surface area contributed by atoms with Crippen molar-refractivity contribution in [1.82, 2.24) is 9.29 Å². The summed E-state index contributed by atoms with van der Waals surface area (Å²) in [4.78, 5) is 20.5. The zero-order chi connectivity index (χ0) is 28.4. The molecule has 1 saturated heterocycles. The fourth-order valence-electron chi connectivity index (χ4n) is 5.10. The lowest BCUT2D eigenvalue weighted by Gasteiger charge is -2.24. The van der Waals surface area contributed by atoms with Crippen molar-refractivity contribution in [2.75, 3.05) is 6.54 Å². The van der Waals surface area contributed by atoms with Gasteiger partial charge in [0.25, 0.3) is 0 Å². The summed E-state index contributed by atoms with van der Waals surface area (Å²) in [6.45, 7) is 0.412. The van der Waals surface area contributed by atoms with Gasteiger partial charge in [0.05, 0.1) is 11.4 Å². The zero-order valence-corrected chi connectivity index (χ0v) is 22.9. The van der Waals surface area contributed by atoms with Gasteiger partial charge >= 0.3 is 0 Å². The third-order valence-corrected chi connectivity index (χ3v) is 10.0. The molecule has 8 nitrogen and oxygen atoms in total. The van der Waals surface area contributed by atoms with Crippen molar-refractivity contribution in [2.24, 2.45) is 5.11 Å². The molecule has 208 valence electrons. The van der Waals surface area contributed by atoms with E-state index >= 15 is 0 Å². The van der Waals surface area contributed by atoms with E-state index < -0.39 is 39.4 Å². The van der Waals surface area contributed by atoms with Crippen LogP contribution in [0.1, 0.15) is 47.4 Å². The van der Waals surface area contributed by atoms with Crippen LogP contribution < -0.4 is 0 Å². The number of pyridine rings is 1. The molecule has 0 N–H and O–H groups in total. The molecule has 2 aliphatic rings. The molecule has 0 bridgehead atoms. The Hall–Kier alpha value is -3.37. The third kappa shape index (κ3) is 6.18. The van der Waals surface area contributed by atoms with Crippen LogP contribution in [0.3, 0.4) is 0 Å². The van der Waals surface area contributed by atoms with E-state index in [1.807, 2.05) is 0 Å². The minimum Gasteiger partial charge on any atom is -0.299 e. The second kappa shape index (κ2) is 11.6. The van der Waals surface area contributed by atoms with E-state index in [-0.39, 0.29) is 29.7 Å². The SMILES string of the molecule is [N-]=[N+]=N[C@H](C(=O)Cc1cncc(F)c1CC[C@H]1CN1S(=O)(=O)C1CC1)[C@@H](c1ccc(Cl)cc1)c1cccc(F)c1. The molecule has 0 radical (unpaired) electrons. The molecule has 0 spiro atoms. The van der Waals surface area contributed by atoms with Crippen LogP contribution in [0.2, 0.25) is 5.02 Å². The van der Waals surface area contributed by atoms with Crippen molar-refractivity contribution >= 4 is 27.4 Å². The lowest BCUT2D eigenvalue weighted by Crippen LogP contribution is -2.29. The standard InChI is InChI=1S/C28H26ClF2N5O3S/c29-20-6-4-17(5-7-20)27(18-2-1-3-21(30)12-18)28(34-35-32)26(37)13-19-14-33-15-25(31)24(19)11-8-22-16-36(22)40(38,39)23-9-10-23/h1-7,12,14-15,22-23,27-28H,8-11,13,16H2/t22-,27-,28+,36?/m0/s1. The fourth-order valence-corrected chi connectivity index (χ4v) is 7.24. The molecule has 0 amide bonds. The highest BCUT2D eigenvalue weighted by Gasteiger charge is 2.50. The minimum atomic E-state index is -3.28. The van der Waals surface area contributed by atoms with Gasteiger partial charge in [0, 0.05) is 41.1 Å². The molecular weight excluding hydrogens is 560 g/mol. The number of nitrogens with zero attached hydrogens (tertiary/aromatic N) is 5. The highest BCUT2D eigenvalue weighted by molar-refractivity contribution is 7.90. The number of carbonyl (C=O) groups excluding carboxylic acids is 1. The fraction of sp³-hybridized carbons (Fsp3) is 0.357. The number of sulfonamides is 1. The number of halogens is 3. The first kappa shape index (κ1) is 28.2. The second-order valence-corrected chi connectivity index (χ2v) is 12.7. The Bertz CT molecular complexity index is 1580. The summed E-state index contributed by atoms with van der Waals surface area (Å²) >= 11 is 6.05. The predicted octanol–water partition coefficient (Wildman–Crippen LogP) is 5.74. The van der Waals surface area contributed by atoms with Gasteiger partial charge in [0.2, 0.25) is 10.0 Å². The quantitative estimate of drug-likeness (QED) is 0.116. The van der Waals surface area contributed by atoms with Crippen LogP contribution in [0.5, 0.6) is 0 Å². The number of Topliss-reactive ketones (excluding diaryl/α,β-unsaturated/α-hetero) is 1. The lowest BCUT2D eigenvalue weighted by atomic mass is 9.82. The monoisotopic (exact) mass is 585 g/mol. The number of carbonyl (C=O) groups is 1. The molecule has 1 unspecified atom stereocenters. The molecule has 40 heavy (non-hydrogen) atoms. The summed E-state index contributed by atoms with van der Waals surface area (Å²) in [6, 6.07) is 10.8. The third-order valence-electron chi connectivity index (χ3n) is 7.38. The molecule has 2 fully saturated rings. The molecule has 5 rings (SSSR count). The summed E-state index contributed by atoms with van der Waals surface area (Å²) in [7, 11) is -3.28. The molecular formula is C28H26ClF2N5O3S. The Balaban J connectivity index is 1.39. The Morgan fingerprint density at radius 3 is 2.58 bits per heavy atom. The zero-order valence-electron chi connectivity index (χ0n) is 21.3. The van der Waals surface area contributed by atoms with E-state index in [1.165, 1.54) is 28.7 Å². The largest absolute Gasteiger partial charge is 0.299 e. The van der Waals surface area contributed by atoms with E-state index in [1.54, 1.807) is 30.3 Å². The Kier molecular flexibility index (Phi) is 8.19. The number of hydrogen-bond acceptors (Lipinski definition) is 5. The molecule has 1 aliphatic heterocycles. The first-order chi connectivity index (χ1) is 19.2. The number of benzene rings is 2. The predicted molar refractivity (Wildman–Crippen MR) is 146 cm³/mol. The van der Waals surface area contributed by atoms with Gasteiger partial charge in [-0.15, -0.1) is 0 Å². The molecule has 4 atom stereocenters. The van der Waals surface area contributed by atoms with E-state index in [4.69, 9.17) is 11.6 Å². The van der Waals surface area contributed by atoms with Crippen molar-refractivity contribution in [1.29, 1.82) is 0 Å². The number of azide groups is 1. The number of aromatic nitrogens is 1. The van der Waals surface area contributed by atoms with E-state index in [0.29, 0.717) is 47.5 Å². The van der Waals surface area contributed by atoms with E-state index in [0.717, 1.165) is 6.20 Å². The highest BCUT2D eigenvalue weighted by Crippen LogP contribution is 2.38. The second-order valence-electron chi connectivity index (χ2n) is 10.1. The van der Waals surface area contributed by atoms with Gasteiger partial charge in [-0.1, -0.05) is 41.0 Å². The maximum Gasteiger partial charge on any atom is 0.217 e. The van der Waals surface area contributed by atoms with Crippen molar-refractivity contribution in [3.8, 4) is 0 Å². The number of hydrogen-bond donors (Lipinski definition) is 0. The molecule has 12 heteroatoms. The molecule has 2 aromatic carbocycles. The van der Waals surface area contributed by atoms with Crippen molar-refractivity contribution in [3.05, 3.63) is 110 Å². The van der Waals surface area contributed by atoms with Gasteiger partial charge in [-0.05, 0) is 77.7 Å². The van der Waals surface area contributed by atoms with E-state index in [2.05, 4.69) is 15.0 Å². The molecule has 1 aliphatic carbocycles. The first-order valence-corrected chi connectivity index (χ1v) is 14.8. The van der Waals surface area contributed by atoms with Crippen LogP contribution in [0.15, 0.2) is 66.0 Å². The number of rotatable bonds is 12. The van der Waals surface area contributed by atoms with Crippen molar-refractivity contribution in [3.63, 3.8) is 0 Å². The van der Waals surface area contributed by atoms with E-state index in [9.17, 15) is 27.5 Å². The normalized spacial score (nSPS) is 19.9. The summed E-state index contributed by atoms with van der Waals surface area (Å²) < 4.78 is 55.5. The first-order valence-electron chi connectivity index (χ1n) is 12.9. The van der Waals surface area contributed by atoms with Gasteiger partial charge in [0.15, 0.2) is 0 Å². The van der Waals surface area contributed by atoms with Crippen LogP contribution in [-0.4, -0.2) is 47.4 Å². The van der Waals surface area contributed by atoms with Crippen LogP contribution in [-0.2, 0) is 27.7 Å². The summed E-state index contributed by atoms with van der Waals surface area (Å²) in [5.41, 5.74) is 11.0. The Morgan fingerprint density at radius 2 is 1.90 bits per heavy atom. The van der Waals surface area contributed by atoms with Gasteiger partial charge in [-0.2, -0.15) is 4.31 Å². The van der Waals surface area contributed by atoms with Crippen molar-refractivity contribution < 1.29 is 22.0 Å². The van der Waals surface area contributed by atoms with Crippen LogP contribution in [0, 0.1) is 11.6 Å². The van der Waals surface area contributed by atoms with Gasteiger partial charge in [0.1, 0.15) is 23.5 Å². The average Bonchev–Trinajstić information content (AvgIpc) is 3.83. The average molecular weight is 586 g/mol. The van der Waals surface area contributed by atoms with Gasteiger partial charge in [-0.3, -0.25) is 9.78 Å². The van der Waals surface area contributed by atoms with Crippen LogP contribution in [0.4, 0.5) is 8.78 Å². The molecule has 1 aromatic heterocycles. The molecule has 3 aromatic rings. The number of ketones is 1. The van der Waals surface area contributed by atoms with Gasteiger partial charge in [-0.25, -0.2) is 17.2 Å². The van der Waals surface area contributed by atoms with Crippen molar-refractivity contribution in [2.45, 2.75) is 55.4 Å². The van der Waals surface area contributed by atoms with Crippen LogP contribution in [0.25, 0.3) is 10.4 Å². The molecule has 1 saturated carbocycles. The van der Waals surface area contributed by atoms with Gasteiger partial charge < -0.3 is 0 Å². The smallest absolute Gasteiger partial charge is 0.217 e. The maximum atomic E-state index is 14.9. The summed E-state index contributed by atoms with van der Waals surface area (Å²) in [6.07, 6.45) is 4.15. The maximum absolute atomic E-state index is 14.9. The summed E-state index contributed by atoms with van der Waals surface area (Å²) in [5.74, 6) is -2.44.